The van der Waals surface area contributed by atoms with Gasteiger partial charge in [-0.05, 0) is 47.5 Å². The van der Waals surface area contributed by atoms with E-state index in [1.54, 1.807) is 19.2 Å². The molecule has 2 N–H and O–H groups in total. The van der Waals surface area contributed by atoms with E-state index in [-0.39, 0.29) is 11.8 Å². The predicted molar refractivity (Wildman–Crippen MR) is 78.1 cm³/mol. The Hall–Kier alpha value is -2.49. The number of hydrogen-bond acceptors (Lipinski definition) is 4. The smallest absolute Gasteiger partial charge is 0.118 e. The van der Waals surface area contributed by atoms with E-state index in [0.717, 1.165) is 23.4 Å². The molecule has 0 aliphatic carbocycles. The second kappa shape index (κ2) is 5.25. The average Bonchev–Trinajstić information content (AvgIpc) is 2.98. The number of ether oxygens (including phenoxy) is 1. The van der Waals surface area contributed by atoms with Gasteiger partial charge in [-0.25, -0.2) is 0 Å². The Kier molecular flexibility index (Phi) is 3.29. The molecule has 1 unspecified atom stereocenters. The first kappa shape index (κ1) is 12.5. The van der Waals surface area contributed by atoms with Crippen LogP contribution in [0.5, 0.6) is 11.5 Å². The minimum Gasteiger partial charge on any atom is -0.508 e. The topological polar surface area (TPSA) is 53.9 Å². The van der Waals surface area contributed by atoms with Gasteiger partial charge in [0.2, 0.25) is 0 Å². The number of phenolic OH excluding ortho intramolecular Hbond substituents is 1. The number of hydrazone groups is 1. The molecule has 0 saturated carbocycles. The standard InChI is InChI=1S/C16H16N2O2/c1-20-14-8-4-12(5-9-14)16-10-15(17-18-16)11-2-6-13(19)7-3-11/h2-9,16,18-19H,10H2,1H3. The first-order valence-electron chi connectivity index (χ1n) is 6.52. The molecule has 0 fully saturated rings. The van der Waals surface area contributed by atoms with E-state index in [0.29, 0.717) is 0 Å². The van der Waals surface area contributed by atoms with Crippen LogP contribution < -0.4 is 10.2 Å². The molecule has 1 heterocycles. The number of aromatic hydroxyl groups is 1. The van der Waals surface area contributed by atoms with Crippen molar-refractivity contribution >= 4 is 5.71 Å². The fraction of sp³-hybridized carbons (Fsp3) is 0.188. The quantitative estimate of drug-likeness (QED) is 0.900. The Labute approximate surface area is 117 Å². The lowest BCUT2D eigenvalue weighted by Crippen LogP contribution is -2.09. The third-order valence-electron chi connectivity index (χ3n) is 3.47. The zero-order chi connectivity index (χ0) is 13.9. The van der Waals surface area contributed by atoms with Gasteiger partial charge in [0.15, 0.2) is 0 Å². The Morgan fingerprint density at radius 3 is 2.45 bits per heavy atom. The van der Waals surface area contributed by atoms with Gasteiger partial charge in [0.25, 0.3) is 0 Å². The van der Waals surface area contributed by atoms with E-state index in [1.165, 1.54) is 5.56 Å². The maximum Gasteiger partial charge on any atom is 0.118 e. The van der Waals surface area contributed by atoms with Crippen molar-refractivity contribution in [2.45, 2.75) is 12.5 Å². The van der Waals surface area contributed by atoms with E-state index in [2.05, 4.69) is 10.5 Å². The number of nitrogens with zero attached hydrogens (tertiary/aromatic N) is 1. The zero-order valence-electron chi connectivity index (χ0n) is 11.2. The monoisotopic (exact) mass is 268 g/mol. The molecule has 1 aliphatic rings. The number of benzene rings is 2. The van der Waals surface area contributed by atoms with Crippen LogP contribution in [0.3, 0.4) is 0 Å². The van der Waals surface area contributed by atoms with Crippen LogP contribution in [0, 0.1) is 0 Å². The van der Waals surface area contributed by atoms with Crippen molar-refractivity contribution in [3.05, 3.63) is 59.7 Å². The van der Waals surface area contributed by atoms with Gasteiger partial charge >= 0.3 is 0 Å². The Balaban J connectivity index is 1.73. The fourth-order valence-electron chi connectivity index (χ4n) is 2.31. The van der Waals surface area contributed by atoms with Gasteiger partial charge in [0.1, 0.15) is 11.5 Å². The summed E-state index contributed by atoms with van der Waals surface area (Å²) in [6.07, 6.45) is 0.830. The van der Waals surface area contributed by atoms with Crippen LogP contribution in [-0.4, -0.2) is 17.9 Å². The maximum atomic E-state index is 9.31. The van der Waals surface area contributed by atoms with Crippen LogP contribution in [-0.2, 0) is 0 Å². The van der Waals surface area contributed by atoms with E-state index in [1.807, 2.05) is 36.4 Å². The van der Waals surface area contributed by atoms with Gasteiger partial charge < -0.3 is 15.3 Å². The highest BCUT2D eigenvalue weighted by atomic mass is 16.5. The largest absolute Gasteiger partial charge is 0.508 e. The molecule has 0 saturated heterocycles. The molecule has 4 nitrogen and oxygen atoms in total. The van der Waals surface area contributed by atoms with Crippen LogP contribution in [0.4, 0.5) is 0 Å². The molecule has 0 spiro atoms. The van der Waals surface area contributed by atoms with Crippen molar-refractivity contribution in [1.29, 1.82) is 0 Å². The van der Waals surface area contributed by atoms with E-state index >= 15 is 0 Å². The highest BCUT2D eigenvalue weighted by Crippen LogP contribution is 2.26. The lowest BCUT2D eigenvalue weighted by atomic mass is 9.99. The normalized spacial score (nSPS) is 17.4. The highest BCUT2D eigenvalue weighted by Gasteiger charge is 2.21. The summed E-state index contributed by atoms with van der Waals surface area (Å²) in [6, 6.07) is 15.3. The number of hydrogen-bond donors (Lipinski definition) is 2. The summed E-state index contributed by atoms with van der Waals surface area (Å²) in [6.45, 7) is 0. The molecule has 2 aromatic carbocycles. The number of nitrogens with one attached hydrogen (secondary N) is 1. The summed E-state index contributed by atoms with van der Waals surface area (Å²) in [5.74, 6) is 1.12. The second-order valence-corrected chi connectivity index (χ2v) is 4.76. The Bertz CT molecular complexity index is 618. The molecule has 2 aromatic rings. The summed E-state index contributed by atoms with van der Waals surface area (Å²) in [7, 11) is 1.66. The van der Waals surface area contributed by atoms with Crippen molar-refractivity contribution in [2.75, 3.05) is 7.11 Å². The van der Waals surface area contributed by atoms with Crippen LogP contribution in [0.2, 0.25) is 0 Å². The molecule has 1 atom stereocenters. The number of phenols is 1. The van der Waals surface area contributed by atoms with Crippen LogP contribution in [0.1, 0.15) is 23.6 Å². The van der Waals surface area contributed by atoms with Crippen molar-refractivity contribution < 1.29 is 9.84 Å². The molecular formula is C16H16N2O2. The van der Waals surface area contributed by atoms with E-state index < -0.39 is 0 Å². The van der Waals surface area contributed by atoms with Gasteiger partial charge in [-0.3, -0.25) is 0 Å². The Morgan fingerprint density at radius 2 is 1.80 bits per heavy atom. The Morgan fingerprint density at radius 1 is 1.10 bits per heavy atom. The third kappa shape index (κ3) is 2.45. The van der Waals surface area contributed by atoms with Gasteiger partial charge in [-0.15, -0.1) is 0 Å². The molecule has 0 bridgehead atoms. The van der Waals surface area contributed by atoms with Crippen molar-refractivity contribution in [3.8, 4) is 11.5 Å². The predicted octanol–water partition coefficient (Wildman–Crippen LogP) is 2.84. The third-order valence-corrected chi connectivity index (χ3v) is 3.47. The van der Waals surface area contributed by atoms with Gasteiger partial charge in [0, 0.05) is 6.42 Å². The molecule has 4 heteroatoms. The van der Waals surface area contributed by atoms with E-state index in [9.17, 15) is 5.11 Å². The first-order chi connectivity index (χ1) is 9.76. The minimum absolute atomic E-state index is 0.185. The van der Waals surface area contributed by atoms with E-state index in [4.69, 9.17) is 4.74 Å². The van der Waals surface area contributed by atoms with Gasteiger partial charge in [0.05, 0.1) is 18.9 Å². The van der Waals surface area contributed by atoms with Crippen molar-refractivity contribution in [2.24, 2.45) is 5.10 Å². The summed E-state index contributed by atoms with van der Waals surface area (Å²) in [4.78, 5) is 0. The second-order valence-electron chi connectivity index (χ2n) is 4.76. The molecule has 0 aromatic heterocycles. The minimum atomic E-state index is 0.185. The highest BCUT2D eigenvalue weighted by molar-refractivity contribution is 6.01. The lowest BCUT2D eigenvalue weighted by Gasteiger charge is -2.10. The van der Waals surface area contributed by atoms with Crippen LogP contribution in [0.15, 0.2) is 53.6 Å². The van der Waals surface area contributed by atoms with Gasteiger partial charge in [-0.2, -0.15) is 5.10 Å². The van der Waals surface area contributed by atoms with Crippen LogP contribution >= 0.6 is 0 Å². The van der Waals surface area contributed by atoms with Crippen LogP contribution in [0.25, 0.3) is 0 Å². The first-order valence-corrected chi connectivity index (χ1v) is 6.52. The molecule has 1 aliphatic heterocycles. The average molecular weight is 268 g/mol. The fourth-order valence-corrected chi connectivity index (χ4v) is 2.31. The zero-order valence-corrected chi connectivity index (χ0v) is 11.2. The number of methoxy groups -OCH3 is 1. The van der Waals surface area contributed by atoms with Crippen molar-refractivity contribution in [3.63, 3.8) is 0 Å². The van der Waals surface area contributed by atoms with Gasteiger partial charge in [-0.1, -0.05) is 12.1 Å². The molecule has 0 amide bonds. The summed E-state index contributed by atoms with van der Waals surface area (Å²) in [5.41, 5.74) is 6.38. The van der Waals surface area contributed by atoms with Crippen molar-refractivity contribution in [1.82, 2.24) is 5.43 Å². The maximum absolute atomic E-state index is 9.31. The molecule has 102 valence electrons. The summed E-state index contributed by atoms with van der Waals surface area (Å²) < 4.78 is 5.16. The molecule has 20 heavy (non-hydrogen) atoms. The molecule has 3 rings (SSSR count). The molecular weight excluding hydrogens is 252 g/mol. The number of rotatable bonds is 3. The SMILES string of the molecule is COc1ccc(C2CC(c3ccc(O)cc3)=NN2)cc1. The lowest BCUT2D eigenvalue weighted by molar-refractivity contribution is 0.414. The summed E-state index contributed by atoms with van der Waals surface area (Å²) >= 11 is 0. The summed E-state index contributed by atoms with van der Waals surface area (Å²) in [5, 5.41) is 13.7. The molecule has 0 radical (unpaired) electrons.